The molecule has 27 heavy (non-hydrogen) atoms. The molecule has 152 valence electrons. The summed E-state index contributed by atoms with van der Waals surface area (Å²) in [5.74, 6) is 3.85. The Bertz CT molecular complexity index is 453. The van der Waals surface area contributed by atoms with E-state index in [1.54, 1.807) is 6.08 Å². The number of allylic oxidation sites excluding steroid dienone is 4. The van der Waals surface area contributed by atoms with E-state index in [2.05, 4.69) is 19.1 Å². The van der Waals surface area contributed by atoms with E-state index >= 15 is 0 Å². The van der Waals surface area contributed by atoms with Crippen molar-refractivity contribution in [1.29, 1.82) is 5.26 Å². The van der Waals surface area contributed by atoms with Crippen LogP contribution in [0.2, 0.25) is 0 Å². The van der Waals surface area contributed by atoms with E-state index in [0.717, 1.165) is 23.7 Å². The van der Waals surface area contributed by atoms with Crippen molar-refractivity contribution in [3.63, 3.8) is 0 Å². The smallest absolute Gasteiger partial charge is 0.0912 e. The Kier molecular flexibility index (Phi) is 11.6. The standard InChI is InChI=1S/C26H43N/c1-2-3-5-10-23-14-18-25(19-15-23)12-7-8-13-26-20-16-24(17-21-26)11-6-4-9-22-27/h4,6,9,11,23-26H,2-3,5,7-8,10,12-21H2,1H3. The highest BCUT2D eigenvalue weighted by Gasteiger charge is 2.21. The average Bonchev–Trinajstić information content (AvgIpc) is 2.71. The molecular formula is C26H43N. The molecule has 0 aromatic rings. The molecule has 0 saturated heterocycles. The van der Waals surface area contributed by atoms with Gasteiger partial charge in [-0.15, -0.1) is 0 Å². The quantitative estimate of drug-likeness (QED) is 0.204. The van der Waals surface area contributed by atoms with Gasteiger partial charge in [0, 0.05) is 6.08 Å². The second kappa shape index (κ2) is 14.0. The van der Waals surface area contributed by atoms with Crippen molar-refractivity contribution >= 4 is 0 Å². The van der Waals surface area contributed by atoms with Gasteiger partial charge in [0.2, 0.25) is 0 Å². The van der Waals surface area contributed by atoms with Gasteiger partial charge in [0.05, 0.1) is 6.07 Å². The summed E-state index contributed by atoms with van der Waals surface area (Å²) >= 11 is 0. The molecule has 0 amide bonds. The normalized spacial score (nSPS) is 29.3. The molecule has 2 saturated carbocycles. The number of nitrogens with zero attached hydrogens (tertiary/aromatic N) is 1. The summed E-state index contributed by atoms with van der Waals surface area (Å²) in [4.78, 5) is 0. The minimum atomic E-state index is 0.747. The van der Waals surface area contributed by atoms with Gasteiger partial charge in [-0.1, -0.05) is 102 Å². The molecule has 0 heterocycles. The summed E-state index contributed by atoms with van der Waals surface area (Å²) in [6, 6.07) is 2.05. The number of nitriles is 1. The molecule has 0 aromatic heterocycles. The SMILES string of the molecule is CCCCCC1CCC(CCCCC2CCC(C=CC=CC#N)CC2)CC1. The molecule has 2 rings (SSSR count). The third-order valence-electron chi connectivity index (χ3n) is 7.21. The van der Waals surface area contributed by atoms with Crippen molar-refractivity contribution in [3.05, 3.63) is 24.3 Å². The second-order valence-electron chi connectivity index (χ2n) is 9.32. The van der Waals surface area contributed by atoms with Crippen LogP contribution < -0.4 is 0 Å². The van der Waals surface area contributed by atoms with Crippen LogP contribution in [0, 0.1) is 35.0 Å². The molecule has 0 aromatic carbocycles. The predicted octanol–water partition coefficient (Wildman–Crippen LogP) is 8.38. The zero-order chi connectivity index (χ0) is 19.2. The maximum absolute atomic E-state index is 8.50. The monoisotopic (exact) mass is 369 g/mol. The van der Waals surface area contributed by atoms with Crippen LogP contribution >= 0.6 is 0 Å². The number of unbranched alkanes of at least 4 members (excludes halogenated alkanes) is 3. The fourth-order valence-corrected chi connectivity index (χ4v) is 5.35. The maximum atomic E-state index is 8.50. The molecule has 0 unspecified atom stereocenters. The lowest BCUT2D eigenvalue weighted by molar-refractivity contribution is 0.239. The van der Waals surface area contributed by atoms with Crippen LogP contribution in [0.25, 0.3) is 0 Å². The van der Waals surface area contributed by atoms with E-state index in [4.69, 9.17) is 5.26 Å². The summed E-state index contributed by atoms with van der Waals surface area (Å²) in [6.07, 6.45) is 31.1. The number of rotatable bonds is 11. The van der Waals surface area contributed by atoms with Gasteiger partial charge in [-0.05, 0) is 49.4 Å². The van der Waals surface area contributed by atoms with Crippen LogP contribution in [0.3, 0.4) is 0 Å². The first-order valence-corrected chi connectivity index (χ1v) is 12.0. The molecule has 0 radical (unpaired) electrons. The minimum absolute atomic E-state index is 0.747. The molecule has 2 aliphatic rings. The van der Waals surface area contributed by atoms with E-state index in [0.29, 0.717) is 0 Å². The van der Waals surface area contributed by atoms with E-state index in [1.807, 2.05) is 12.1 Å². The van der Waals surface area contributed by atoms with Gasteiger partial charge in [-0.2, -0.15) is 5.26 Å². The summed E-state index contributed by atoms with van der Waals surface area (Å²) in [5, 5.41) is 8.50. The molecule has 1 heteroatoms. The Balaban J connectivity index is 1.47. The summed E-state index contributed by atoms with van der Waals surface area (Å²) < 4.78 is 0. The van der Waals surface area contributed by atoms with E-state index in [1.165, 1.54) is 103 Å². The zero-order valence-electron chi connectivity index (χ0n) is 17.9. The minimum Gasteiger partial charge on any atom is -0.193 e. The fourth-order valence-electron chi connectivity index (χ4n) is 5.35. The highest BCUT2D eigenvalue weighted by molar-refractivity contribution is 5.12. The van der Waals surface area contributed by atoms with Crippen molar-refractivity contribution in [2.75, 3.05) is 0 Å². The van der Waals surface area contributed by atoms with Crippen molar-refractivity contribution in [2.45, 2.75) is 110 Å². The Hall–Kier alpha value is -1.03. The number of hydrogen-bond donors (Lipinski definition) is 0. The molecular weight excluding hydrogens is 326 g/mol. The molecule has 1 nitrogen and oxygen atoms in total. The van der Waals surface area contributed by atoms with Crippen LogP contribution in [0.15, 0.2) is 24.3 Å². The first-order valence-electron chi connectivity index (χ1n) is 12.0. The molecule has 0 spiro atoms. The van der Waals surface area contributed by atoms with Crippen LogP contribution in [-0.4, -0.2) is 0 Å². The van der Waals surface area contributed by atoms with Crippen molar-refractivity contribution in [2.24, 2.45) is 23.7 Å². The van der Waals surface area contributed by atoms with Gasteiger partial charge in [0.15, 0.2) is 0 Å². The lowest BCUT2D eigenvalue weighted by Crippen LogP contribution is -2.15. The first kappa shape index (κ1) is 22.3. The topological polar surface area (TPSA) is 23.8 Å². The Morgan fingerprint density at radius 1 is 0.704 bits per heavy atom. The van der Waals surface area contributed by atoms with E-state index < -0.39 is 0 Å². The van der Waals surface area contributed by atoms with Gasteiger partial charge < -0.3 is 0 Å². The molecule has 2 aliphatic carbocycles. The second-order valence-corrected chi connectivity index (χ2v) is 9.32. The molecule has 0 aliphatic heterocycles. The van der Waals surface area contributed by atoms with Gasteiger partial charge in [0.25, 0.3) is 0 Å². The van der Waals surface area contributed by atoms with Gasteiger partial charge in [-0.3, -0.25) is 0 Å². The third kappa shape index (κ3) is 9.64. The highest BCUT2D eigenvalue weighted by atomic mass is 14.3. The number of hydrogen-bond acceptors (Lipinski definition) is 1. The van der Waals surface area contributed by atoms with Crippen LogP contribution in [0.4, 0.5) is 0 Å². The third-order valence-corrected chi connectivity index (χ3v) is 7.21. The summed E-state index contributed by atoms with van der Waals surface area (Å²) in [6.45, 7) is 2.32. The van der Waals surface area contributed by atoms with Gasteiger partial charge in [-0.25, -0.2) is 0 Å². The Morgan fingerprint density at radius 3 is 1.67 bits per heavy atom. The molecule has 0 N–H and O–H groups in total. The molecule has 0 atom stereocenters. The maximum Gasteiger partial charge on any atom is 0.0912 e. The Labute approximate surface area is 169 Å². The first-order chi connectivity index (χ1) is 13.3. The Morgan fingerprint density at radius 2 is 1.19 bits per heavy atom. The summed E-state index contributed by atoms with van der Waals surface area (Å²) in [7, 11) is 0. The van der Waals surface area contributed by atoms with Crippen molar-refractivity contribution in [1.82, 2.24) is 0 Å². The van der Waals surface area contributed by atoms with Crippen LogP contribution in [0.5, 0.6) is 0 Å². The largest absolute Gasteiger partial charge is 0.193 e. The van der Waals surface area contributed by atoms with Crippen LogP contribution in [-0.2, 0) is 0 Å². The van der Waals surface area contributed by atoms with Gasteiger partial charge in [0.1, 0.15) is 0 Å². The molecule has 0 bridgehead atoms. The van der Waals surface area contributed by atoms with Crippen LogP contribution in [0.1, 0.15) is 110 Å². The zero-order valence-corrected chi connectivity index (χ0v) is 17.9. The molecule has 2 fully saturated rings. The average molecular weight is 370 g/mol. The van der Waals surface area contributed by atoms with Gasteiger partial charge >= 0.3 is 0 Å². The lowest BCUT2D eigenvalue weighted by atomic mass is 9.77. The predicted molar refractivity (Wildman–Crippen MR) is 117 cm³/mol. The van der Waals surface area contributed by atoms with Crippen molar-refractivity contribution < 1.29 is 0 Å². The van der Waals surface area contributed by atoms with Crippen molar-refractivity contribution in [3.8, 4) is 6.07 Å². The van der Waals surface area contributed by atoms with E-state index in [-0.39, 0.29) is 0 Å². The highest BCUT2D eigenvalue weighted by Crippen LogP contribution is 2.36. The lowest BCUT2D eigenvalue weighted by Gasteiger charge is -2.29. The van der Waals surface area contributed by atoms with E-state index in [9.17, 15) is 0 Å². The fraction of sp³-hybridized carbons (Fsp3) is 0.808. The summed E-state index contributed by atoms with van der Waals surface area (Å²) in [5.41, 5.74) is 0.